The minimum absolute atomic E-state index is 0.849. The Morgan fingerprint density at radius 1 is 1.25 bits per heavy atom. The zero-order chi connectivity index (χ0) is 10.8. The number of benzene rings is 1. The number of fused-ring (bicyclic) bond motifs is 1. The molecule has 16 heavy (non-hydrogen) atoms. The molecule has 0 atom stereocenters. The molecule has 1 aliphatic carbocycles. The smallest absolute Gasteiger partial charge is 0.134 e. The summed E-state index contributed by atoms with van der Waals surface area (Å²) in [4.78, 5) is 0. The van der Waals surface area contributed by atoms with E-state index >= 15 is 0 Å². The normalized spacial score (nSPS) is 15.8. The monoisotopic (exact) mass is 215 g/mol. The summed E-state index contributed by atoms with van der Waals surface area (Å²) < 4.78 is 5.73. The van der Waals surface area contributed by atoms with Crippen LogP contribution in [0.25, 0.3) is 11.0 Å². The van der Waals surface area contributed by atoms with Gasteiger partial charge in [-0.2, -0.15) is 0 Å². The molecule has 1 aromatic carbocycles. The van der Waals surface area contributed by atoms with Gasteiger partial charge >= 0.3 is 0 Å². The van der Waals surface area contributed by atoms with E-state index in [2.05, 4.69) is 17.4 Å². The van der Waals surface area contributed by atoms with Gasteiger partial charge in [-0.15, -0.1) is 0 Å². The summed E-state index contributed by atoms with van der Waals surface area (Å²) in [6, 6.07) is 10.3. The van der Waals surface area contributed by atoms with E-state index in [0.29, 0.717) is 0 Å². The molecule has 2 aromatic rings. The van der Waals surface area contributed by atoms with Gasteiger partial charge < -0.3 is 9.73 Å². The Labute approximate surface area is 95.6 Å². The lowest BCUT2D eigenvalue weighted by Gasteiger charge is -2.00. The summed E-state index contributed by atoms with van der Waals surface area (Å²) in [7, 11) is 0. The SMILES string of the molecule is c1ccc2oc(CNCCC3CC3)cc2c1. The molecule has 1 saturated carbocycles. The van der Waals surface area contributed by atoms with Gasteiger partial charge in [0.05, 0.1) is 6.54 Å². The van der Waals surface area contributed by atoms with Crippen molar-refractivity contribution in [3.63, 3.8) is 0 Å². The first kappa shape index (κ1) is 9.91. The molecule has 1 aliphatic rings. The maximum Gasteiger partial charge on any atom is 0.134 e. The van der Waals surface area contributed by atoms with Gasteiger partial charge in [0, 0.05) is 5.39 Å². The van der Waals surface area contributed by atoms with Crippen LogP contribution in [0.2, 0.25) is 0 Å². The highest BCUT2D eigenvalue weighted by Crippen LogP contribution is 2.31. The van der Waals surface area contributed by atoms with E-state index < -0.39 is 0 Å². The molecular formula is C14H17NO. The fraction of sp³-hybridized carbons (Fsp3) is 0.429. The lowest BCUT2D eigenvalue weighted by atomic mass is 10.2. The first-order chi connectivity index (χ1) is 7.92. The van der Waals surface area contributed by atoms with Crippen molar-refractivity contribution in [1.82, 2.24) is 5.32 Å². The van der Waals surface area contributed by atoms with Crippen molar-refractivity contribution in [2.24, 2.45) is 5.92 Å². The predicted molar refractivity (Wildman–Crippen MR) is 65.3 cm³/mol. The Morgan fingerprint density at radius 2 is 2.12 bits per heavy atom. The zero-order valence-corrected chi connectivity index (χ0v) is 9.41. The third kappa shape index (κ3) is 2.27. The molecule has 2 heteroatoms. The second kappa shape index (κ2) is 4.30. The predicted octanol–water partition coefficient (Wildman–Crippen LogP) is 3.32. The van der Waals surface area contributed by atoms with Crippen LogP contribution >= 0.6 is 0 Å². The highest BCUT2D eigenvalue weighted by Gasteiger charge is 2.19. The highest BCUT2D eigenvalue weighted by atomic mass is 16.3. The van der Waals surface area contributed by atoms with Crippen molar-refractivity contribution in [2.75, 3.05) is 6.54 Å². The largest absolute Gasteiger partial charge is 0.460 e. The van der Waals surface area contributed by atoms with Gasteiger partial charge in [0.15, 0.2) is 0 Å². The summed E-state index contributed by atoms with van der Waals surface area (Å²) in [6.45, 7) is 1.96. The fourth-order valence-corrected chi connectivity index (χ4v) is 2.05. The summed E-state index contributed by atoms with van der Waals surface area (Å²) in [6.07, 6.45) is 4.19. The summed E-state index contributed by atoms with van der Waals surface area (Å²) in [5.74, 6) is 2.04. The van der Waals surface area contributed by atoms with Crippen molar-refractivity contribution < 1.29 is 4.42 Å². The molecule has 0 spiro atoms. The van der Waals surface area contributed by atoms with Crippen LogP contribution in [0.5, 0.6) is 0 Å². The molecule has 1 heterocycles. The minimum Gasteiger partial charge on any atom is -0.460 e. The van der Waals surface area contributed by atoms with Gasteiger partial charge in [-0.3, -0.25) is 0 Å². The van der Waals surface area contributed by atoms with Crippen molar-refractivity contribution >= 4 is 11.0 Å². The number of furan rings is 1. The Kier molecular flexibility index (Phi) is 2.66. The molecule has 1 N–H and O–H groups in total. The molecular weight excluding hydrogens is 198 g/mol. The third-order valence-electron chi connectivity index (χ3n) is 3.20. The van der Waals surface area contributed by atoms with E-state index in [1.54, 1.807) is 0 Å². The lowest BCUT2D eigenvalue weighted by Crippen LogP contribution is -2.14. The van der Waals surface area contributed by atoms with Crippen molar-refractivity contribution in [3.05, 3.63) is 36.1 Å². The van der Waals surface area contributed by atoms with Crippen molar-refractivity contribution in [2.45, 2.75) is 25.8 Å². The quantitative estimate of drug-likeness (QED) is 0.774. The van der Waals surface area contributed by atoms with Crippen LogP contribution in [-0.4, -0.2) is 6.54 Å². The summed E-state index contributed by atoms with van der Waals surface area (Å²) >= 11 is 0. The molecule has 1 aromatic heterocycles. The number of para-hydroxylation sites is 1. The third-order valence-corrected chi connectivity index (χ3v) is 3.20. The first-order valence-electron chi connectivity index (χ1n) is 6.10. The Bertz CT molecular complexity index is 437. The van der Waals surface area contributed by atoms with E-state index in [1.165, 1.54) is 24.6 Å². The molecule has 0 unspecified atom stereocenters. The van der Waals surface area contributed by atoms with E-state index in [9.17, 15) is 0 Å². The second-order valence-electron chi connectivity index (χ2n) is 4.66. The van der Waals surface area contributed by atoms with Crippen LogP contribution in [0.15, 0.2) is 34.7 Å². The molecule has 2 nitrogen and oxygen atoms in total. The number of rotatable bonds is 5. The highest BCUT2D eigenvalue weighted by molar-refractivity contribution is 5.77. The number of hydrogen-bond acceptors (Lipinski definition) is 2. The summed E-state index contributed by atoms with van der Waals surface area (Å²) in [5.41, 5.74) is 0.987. The van der Waals surface area contributed by atoms with Gasteiger partial charge in [-0.25, -0.2) is 0 Å². The minimum atomic E-state index is 0.849. The molecule has 1 fully saturated rings. The summed E-state index contributed by atoms with van der Waals surface area (Å²) in [5, 5.41) is 4.64. The van der Waals surface area contributed by atoms with Crippen LogP contribution in [0.3, 0.4) is 0 Å². The topological polar surface area (TPSA) is 25.2 Å². The molecule has 0 saturated heterocycles. The standard InChI is InChI=1S/C14H17NO/c1-2-4-14-12(3-1)9-13(16-14)10-15-8-7-11-5-6-11/h1-4,9,11,15H,5-8,10H2. The Morgan fingerprint density at radius 3 is 2.94 bits per heavy atom. The van der Waals surface area contributed by atoms with Crippen LogP contribution in [-0.2, 0) is 6.54 Å². The fourth-order valence-electron chi connectivity index (χ4n) is 2.05. The number of nitrogens with one attached hydrogen (secondary N) is 1. The van der Waals surface area contributed by atoms with E-state index in [0.717, 1.165) is 30.4 Å². The molecule has 3 rings (SSSR count). The number of hydrogen-bond donors (Lipinski definition) is 1. The molecule has 84 valence electrons. The van der Waals surface area contributed by atoms with Crippen LogP contribution in [0.4, 0.5) is 0 Å². The van der Waals surface area contributed by atoms with E-state index in [1.807, 2.05) is 18.2 Å². The average Bonchev–Trinajstić information content (AvgIpc) is 3.03. The van der Waals surface area contributed by atoms with Gasteiger partial charge in [-0.05, 0) is 31.0 Å². The second-order valence-corrected chi connectivity index (χ2v) is 4.66. The van der Waals surface area contributed by atoms with Crippen LogP contribution in [0, 0.1) is 5.92 Å². The average molecular weight is 215 g/mol. The van der Waals surface area contributed by atoms with Crippen LogP contribution < -0.4 is 5.32 Å². The molecule has 0 aliphatic heterocycles. The van der Waals surface area contributed by atoms with Crippen molar-refractivity contribution in [3.8, 4) is 0 Å². The van der Waals surface area contributed by atoms with Crippen molar-refractivity contribution in [1.29, 1.82) is 0 Å². The van der Waals surface area contributed by atoms with Gasteiger partial charge in [0.25, 0.3) is 0 Å². The maximum atomic E-state index is 5.73. The maximum absolute atomic E-state index is 5.73. The molecule has 0 bridgehead atoms. The lowest BCUT2D eigenvalue weighted by molar-refractivity contribution is 0.505. The van der Waals surface area contributed by atoms with E-state index in [4.69, 9.17) is 4.42 Å². The van der Waals surface area contributed by atoms with Gasteiger partial charge in [-0.1, -0.05) is 31.0 Å². The van der Waals surface area contributed by atoms with Gasteiger partial charge in [0.1, 0.15) is 11.3 Å². The molecule has 0 amide bonds. The Balaban J connectivity index is 1.56. The Hall–Kier alpha value is -1.28. The van der Waals surface area contributed by atoms with Gasteiger partial charge in [0.2, 0.25) is 0 Å². The van der Waals surface area contributed by atoms with E-state index in [-0.39, 0.29) is 0 Å². The first-order valence-corrected chi connectivity index (χ1v) is 6.10. The zero-order valence-electron chi connectivity index (χ0n) is 9.41. The van der Waals surface area contributed by atoms with Crippen LogP contribution in [0.1, 0.15) is 25.0 Å². The molecule has 0 radical (unpaired) electrons.